The maximum atomic E-state index is 12.3. The summed E-state index contributed by atoms with van der Waals surface area (Å²) in [6.45, 7) is 1.78. The van der Waals surface area contributed by atoms with E-state index in [2.05, 4.69) is 16.1 Å². The lowest BCUT2D eigenvalue weighted by Gasteiger charge is -2.27. The van der Waals surface area contributed by atoms with Crippen molar-refractivity contribution in [3.63, 3.8) is 0 Å². The Morgan fingerprint density at radius 3 is 2.78 bits per heavy atom. The first-order chi connectivity index (χ1) is 17.6. The first kappa shape index (κ1) is 21.7. The van der Waals surface area contributed by atoms with Crippen LogP contribution in [0, 0.1) is 5.92 Å². The van der Waals surface area contributed by atoms with Crippen LogP contribution in [0.5, 0.6) is 0 Å². The van der Waals surface area contributed by atoms with E-state index in [-0.39, 0.29) is 12.7 Å². The van der Waals surface area contributed by atoms with Gasteiger partial charge in [0.05, 0.1) is 37.2 Å². The van der Waals surface area contributed by atoms with Crippen molar-refractivity contribution in [3.8, 4) is 5.82 Å². The molecule has 186 valence electrons. The first-order valence-corrected chi connectivity index (χ1v) is 12.7. The average Bonchev–Trinajstić information content (AvgIpc) is 3.70. The summed E-state index contributed by atoms with van der Waals surface area (Å²) in [6.07, 6.45) is 12.8. The molecule has 4 aromatic rings. The lowest BCUT2D eigenvalue weighted by Crippen LogP contribution is -2.39. The summed E-state index contributed by atoms with van der Waals surface area (Å²) in [5, 5.41) is 15.2. The molecular weight excluding hydrogens is 460 g/mol. The molecule has 0 aromatic carbocycles. The number of hydrogen-bond acceptors (Lipinski definition) is 7. The van der Waals surface area contributed by atoms with E-state index in [1.54, 1.807) is 17.1 Å². The molecule has 3 N–H and O–H groups in total. The van der Waals surface area contributed by atoms with Crippen molar-refractivity contribution >= 4 is 28.3 Å². The van der Waals surface area contributed by atoms with Crippen LogP contribution < -0.4 is 15.1 Å². The molecule has 11 nitrogen and oxygen atoms in total. The van der Waals surface area contributed by atoms with Gasteiger partial charge in [0.25, 0.3) is 5.91 Å². The summed E-state index contributed by atoms with van der Waals surface area (Å²) in [5.74, 6) is 1.35. The van der Waals surface area contributed by atoms with E-state index in [0.717, 1.165) is 55.4 Å². The highest BCUT2D eigenvalue weighted by atomic mass is 16.5. The van der Waals surface area contributed by atoms with Crippen molar-refractivity contribution in [2.75, 3.05) is 24.7 Å². The Balaban J connectivity index is 1.24. The van der Waals surface area contributed by atoms with Gasteiger partial charge in [-0.05, 0) is 49.1 Å². The van der Waals surface area contributed by atoms with Gasteiger partial charge in [-0.3, -0.25) is 9.48 Å². The largest absolute Gasteiger partial charge is 0.396 e. The van der Waals surface area contributed by atoms with E-state index in [9.17, 15) is 9.90 Å². The Kier molecular flexibility index (Phi) is 4.97. The van der Waals surface area contributed by atoms with Crippen LogP contribution >= 0.6 is 0 Å². The minimum Gasteiger partial charge on any atom is -0.396 e. The van der Waals surface area contributed by atoms with Gasteiger partial charge in [-0.2, -0.15) is 9.78 Å². The number of rotatable bonds is 5. The summed E-state index contributed by atoms with van der Waals surface area (Å²) in [4.78, 5) is 24.1. The van der Waals surface area contributed by atoms with Crippen LogP contribution in [0.1, 0.15) is 48.5 Å². The van der Waals surface area contributed by atoms with Crippen molar-refractivity contribution < 1.29 is 19.2 Å². The summed E-state index contributed by atoms with van der Waals surface area (Å²) < 4.78 is 11.4. The van der Waals surface area contributed by atoms with Crippen LogP contribution in [-0.4, -0.2) is 67.3 Å². The number of pyridine rings is 1. The van der Waals surface area contributed by atoms with Crippen molar-refractivity contribution in [3.05, 3.63) is 42.5 Å². The number of carbonyl (C=O) groups is 1. The molecule has 2 aliphatic heterocycles. The second kappa shape index (κ2) is 8.24. The third kappa shape index (κ3) is 3.45. The molecule has 0 spiro atoms. The zero-order chi connectivity index (χ0) is 24.4. The van der Waals surface area contributed by atoms with E-state index in [1.165, 1.54) is 0 Å². The van der Waals surface area contributed by atoms with Crippen LogP contribution in [0.2, 0.25) is 0 Å². The molecule has 36 heavy (non-hydrogen) atoms. The number of nitrogens with two attached hydrogens (primary N) is 1. The predicted octanol–water partition coefficient (Wildman–Crippen LogP) is 1.16. The van der Waals surface area contributed by atoms with E-state index in [0.29, 0.717) is 41.6 Å². The highest BCUT2D eigenvalue weighted by molar-refractivity contribution is 5.97. The lowest BCUT2D eigenvalue weighted by molar-refractivity contribution is -0.600. The van der Waals surface area contributed by atoms with Gasteiger partial charge < -0.3 is 20.5 Å². The molecule has 2 atom stereocenters. The van der Waals surface area contributed by atoms with Gasteiger partial charge in [0.2, 0.25) is 5.82 Å². The smallest absolute Gasteiger partial charge is 0.363 e. The Hall–Kier alpha value is -3.57. The monoisotopic (exact) mass is 489 g/mol. The fourth-order valence-electron chi connectivity index (χ4n) is 6.03. The first-order valence-electron chi connectivity index (χ1n) is 12.7. The highest BCUT2D eigenvalue weighted by Crippen LogP contribution is 2.33. The number of aliphatic hydroxyl groups is 1. The maximum absolute atomic E-state index is 12.3. The Labute approximate surface area is 207 Å². The topological polar surface area (TPSA) is 128 Å². The molecule has 1 aliphatic carbocycles. The molecule has 0 radical (unpaired) electrons. The zero-order valence-electron chi connectivity index (χ0n) is 19.9. The number of carbonyl (C=O) groups excluding carboxylic acids is 1. The van der Waals surface area contributed by atoms with Gasteiger partial charge in [-0.15, -0.1) is 4.52 Å². The molecule has 1 amide bonds. The van der Waals surface area contributed by atoms with Gasteiger partial charge in [-0.25, -0.2) is 4.98 Å². The quantitative estimate of drug-likeness (QED) is 0.403. The number of anilines is 1. The summed E-state index contributed by atoms with van der Waals surface area (Å²) >= 11 is 0. The molecule has 7 rings (SSSR count). The number of fused-ring (bicyclic) bond motifs is 4. The van der Waals surface area contributed by atoms with Gasteiger partial charge in [0, 0.05) is 30.8 Å². The number of primary amides is 1. The third-order valence-electron chi connectivity index (χ3n) is 8.06. The number of ether oxygens (including phenoxy) is 1. The zero-order valence-corrected chi connectivity index (χ0v) is 19.9. The molecular formula is C25H29N8O3+. The standard InChI is InChI=1S/C25H28N8O3/c26-24(35)20-12-33(32-6-5-22(28-25(20)32)30-11-19-8-18(30)14-36-19)23-7-16-10-31(29-21(16)9-27-23)17-3-1-15(13-34)2-4-17/h5-7,9-10,12,15,17-19,34H,1-4,8,11,13-14H2,(H-,26,35)/p+1/t15?,17?,18-,19-/m1/s1. The lowest BCUT2D eigenvalue weighted by atomic mass is 9.87. The van der Waals surface area contributed by atoms with Crippen LogP contribution in [0.15, 0.2) is 36.9 Å². The van der Waals surface area contributed by atoms with Crippen LogP contribution in [0.4, 0.5) is 5.82 Å². The van der Waals surface area contributed by atoms with Gasteiger partial charge in [0.15, 0.2) is 11.4 Å². The molecule has 0 unspecified atom stereocenters. The fraction of sp³-hybridized carbons (Fsp3) is 0.480. The van der Waals surface area contributed by atoms with Crippen molar-refractivity contribution in [2.24, 2.45) is 11.7 Å². The van der Waals surface area contributed by atoms with E-state index in [1.807, 2.05) is 27.5 Å². The van der Waals surface area contributed by atoms with Crippen LogP contribution in [0.3, 0.4) is 0 Å². The molecule has 4 aromatic heterocycles. The second-order valence-electron chi connectivity index (χ2n) is 10.3. The number of aromatic nitrogens is 6. The molecule has 11 heteroatoms. The Morgan fingerprint density at radius 1 is 1.19 bits per heavy atom. The SMILES string of the molecule is NC(=O)c1cn(-c2cc3cn(C4CCC(CO)CC4)nc3cn2)[n+]2ccc(N3C[C@H]4C[C@@H]3CO4)nc12. The summed E-state index contributed by atoms with van der Waals surface area (Å²) in [6, 6.07) is 4.60. The molecule has 1 saturated carbocycles. The fourth-order valence-corrected chi connectivity index (χ4v) is 6.03. The summed E-state index contributed by atoms with van der Waals surface area (Å²) in [7, 11) is 0. The summed E-state index contributed by atoms with van der Waals surface area (Å²) in [5.41, 5.74) is 7.41. The van der Waals surface area contributed by atoms with E-state index < -0.39 is 5.91 Å². The molecule has 3 aliphatic rings. The Bertz CT molecular complexity index is 1470. The minimum atomic E-state index is -0.533. The molecule has 3 fully saturated rings. The number of amides is 1. The van der Waals surface area contributed by atoms with Gasteiger partial charge in [-0.1, -0.05) is 0 Å². The number of hydrogen-bond donors (Lipinski definition) is 2. The third-order valence-corrected chi connectivity index (χ3v) is 8.06. The predicted molar refractivity (Wildman–Crippen MR) is 130 cm³/mol. The minimum absolute atomic E-state index is 0.252. The highest BCUT2D eigenvalue weighted by Gasteiger charge is 2.41. The van der Waals surface area contributed by atoms with Crippen LogP contribution in [0.25, 0.3) is 22.4 Å². The normalized spacial score (nSPS) is 25.9. The molecule has 2 saturated heterocycles. The maximum Gasteiger partial charge on any atom is 0.363 e. The van der Waals surface area contributed by atoms with E-state index in [4.69, 9.17) is 20.6 Å². The second-order valence-corrected chi connectivity index (χ2v) is 10.3. The van der Waals surface area contributed by atoms with Crippen molar-refractivity contribution in [1.29, 1.82) is 0 Å². The van der Waals surface area contributed by atoms with Crippen molar-refractivity contribution in [1.82, 2.24) is 24.4 Å². The van der Waals surface area contributed by atoms with Crippen molar-refractivity contribution in [2.45, 2.75) is 50.3 Å². The Morgan fingerprint density at radius 2 is 2.06 bits per heavy atom. The number of nitrogens with zero attached hydrogens (tertiary/aromatic N) is 7. The average molecular weight is 490 g/mol. The van der Waals surface area contributed by atoms with E-state index >= 15 is 0 Å². The van der Waals surface area contributed by atoms with Gasteiger partial charge >= 0.3 is 5.65 Å². The molecule has 2 bridgehead atoms. The number of morpholine rings is 1. The van der Waals surface area contributed by atoms with Gasteiger partial charge in [0.1, 0.15) is 11.7 Å². The molecule has 6 heterocycles. The van der Waals surface area contributed by atoms with Crippen LogP contribution in [-0.2, 0) is 4.74 Å². The number of aliphatic hydroxyl groups excluding tert-OH is 1.